The third kappa shape index (κ3) is 5.41. The standard InChI is InChI=1S/C24H20ClF2N5O2/c1-15-7-9-32(14-15)22-20(21-13-29-8-6-16(21)11-28)10-17(12-30-22)23(33)31-18-2-4-19(5-3-18)34-24(25,26)27/h2-6,8,10,12-13,15H,7,9,14H2,1H3,(H,31,33)/t15-/m1/s1. The number of rotatable bonds is 6. The average Bonchev–Trinajstić information content (AvgIpc) is 3.25. The maximum Gasteiger partial charge on any atom is 0.487 e. The van der Waals surface area contributed by atoms with Gasteiger partial charge in [-0.25, -0.2) is 4.98 Å². The summed E-state index contributed by atoms with van der Waals surface area (Å²) in [7, 11) is 0. The predicted octanol–water partition coefficient (Wildman–Crippen LogP) is 5.28. The molecule has 1 saturated heterocycles. The van der Waals surface area contributed by atoms with Crippen LogP contribution in [0.25, 0.3) is 11.1 Å². The fourth-order valence-electron chi connectivity index (χ4n) is 3.81. The molecule has 4 rings (SSSR count). The van der Waals surface area contributed by atoms with Crippen LogP contribution in [-0.4, -0.2) is 34.5 Å². The van der Waals surface area contributed by atoms with E-state index in [1.165, 1.54) is 36.7 Å². The maximum absolute atomic E-state index is 12.9. The normalized spacial score (nSPS) is 15.6. The third-order valence-electron chi connectivity index (χ3n) is 5.43. The molecular weight excluding hydrogens is 464 g/mol. The van der Waals surface area contributed by atoms with Crippen LogP contribution in [0.2, 0.25) is 0 Å². The zero-order valence-electron chi connectivity index (χ0n) is 18.1. The number of ether oxygens (including phenoxy) is 1. The molecule has 0 aliphatic carbocycles. The summed E-state index contributed by atoms with van der Waals surface area (Å²) in [4.78, 5) is 23.8. The van der Waals surface area contributed by atoms with E-state index in [4.69, 9.17) is 11.6 Å². The van der Waals surface area contributed by atoms with Gasteiger partial charge < -0.3 is 15.0 Å². The van der Waals surface area contributed by atoms with Gasteiger partial charge in [0.05, 0.1) is 17.2 Å². The molecule has 174 valence electrons. The summed E-state index contributed by atoms with van der Waals surface area (Å²) in [6, 6.07) is 10.8. The quantitative estimate of drug-likeness (QED) is 0.479. The number of halogens is 3. The maximum atomic E-state index is 12.9. The van der Waals surface area contributed by atoms with Gasteiger partial charge in [-0.15, -0.1) is 8.78 Å². The first-order valence-corrected chi connectivity index (χ1v) is 10.9. The Labute approximate surface area is 200 Å². The molecule has 2 aromatic heterocycles. The molecule has 3 aromatic rings. The number of nitriles is 1. The van der Waals surface area contributed by atoms with Crippen LogP contribution in [0.1, 0.15) is 29.3 Å². The van der Waals surface area contributed by atoms with E-state index in [0.717, 1.165) is 19.5 Å². The summed E-state index contributed by atoms with van der Waals surface area (Å²) < 4.78 is 29.8. The smallest absolute Gasteiger partial charge is 0.420 e. The number of amides is 1. The average molecular weight is 484 g/mol. The van der Waals surface area contributed by atoms with Gasteiger partial charge in [-0.3, -0.25) is 9.78 Å². The molecule has 1 aliphatic rings. The number of pyridine rings is 2. The lowest BCUT2D eigenvalue weighted by molar-refractivity contribution is -0.0964. The van der Waals surface area contributed by atoms with Crippen LogP contribution in [0.15, 0.2) is 55.0 Å². The molecule has 0 radical (unpaired) electrons. The zero-order chi connectivity index (χ0) is 24.3. The van der Waals surface area contributed by atoms with Crippen molar-refractivity contribution in [3.8, 4) is 22.9 Å². The van der Waals surface area contributed by atoms with Crippen molar-refractivity contribution in [2.24, 2.45) is 5.92 Å². The molecule has 0 unspecified atom stereocenters. The highest BCUT2D eigenvalue weighted by Crippen LogP contribution is 2.34. The number of aromatic nitrogens is 2. The number of anilines is 2. The summed E-state index contributed by atoms with van der Waals surface area (Å²) in [5.41, 5.74) is -1.53. The molecule has 1 amide bonds. The van der Waals surface area contributed by atoms with Gasteiger partial charge in [0.25, 0.3) is 5.91 Å². The fraction of sp³-hybridized carbons (Fsp3) is 0.250. The number of benzene rings is 1. The highest BCUT2D eigenvalue weighted by molar-refractivity contribution is 6.20. The van der Waals surface area contributed by atoms with Crippen LogP contribution in [0.4, 0.5) is 20.3 Å². The first-order chi connectivity index (χ1) is 16.2. The summed E-state index contributed by atoms with van der Waals surface area (Å²) >= 11 is 4.77. The molecule has 3 heterocycles. The predicted molar refractivity (Wildman–Crippen MR) is 124 cm³/mol. The Hall–Kier alpha value is -3.77. The van der Waals surface area contributed by atoms with E-state index in [0.29, 0.717) is 34.1 Å². The van der Waals surface area contributed by atoms with Gasteiger partial charge in [0, 0.05) is 60.1 Å². The van der Waals surface area contributed by atoms with Crippen LogP contribution in [0.3, 0.4) is 0 Å². The number of alkyl halides is 3. The van der Waals surface area contributed by atoms with Crippen molar-refractivity contribution in [1.82, 2.24) is 9.97 Å². The molecule has 0 spiro atoms. The second kappa shape index (κ2) is 9.61. The summed E-state index contributed by atoms with van der Waals surface area (Å²) in [5.74, 6) is 0.599. The Morgan fingerprint density at radius 1 is 1.26 bits per heavy atom. The SMILES string of the molecule is C[C@@H]1CCN(c2ncc(C(=O)Nc3ccc(OC(F)(F)Cl)cc3)cc2-c2cnccc2C#N)C1. The first-order valence-electron chi connectivity index (χ1n) is 10.5. The lowest BCUT2D eigenvalue weighted by atomic mass is 10.0. The summed E-state index contributed by atoms with van der Waals surface area (Å²) in [6.07, 6.45) is 5.63. The molecule has 1 atom stereocenters. The van der Waals surface area contributed by atoms with Crippen molar-refractivity contribution in [3.05, 3.63) is 66.1 Å². The largest absolute Gasteiger partial charge is 0.487 e. The van der Waals surface area contributed by atoms with Crippen molar-refractivity contribution < 1.29 is 18.3 Å². The first kappa shape index (κ1) is 23.4. The highest BCUT2D eigenvalue weighted by atomic mass is 35.5. The molecule has 1 aliphatic heterocycles. The van der Waals surface area contributed by atoms with E-state index in [1.807, 2.05) is 0 Å². The molecule has 1 fully saturated rings. The minimum atomic E-state index is -3.82. The monoisotopic (exact) mass is 483 g/mol. The second-order valence-corrected chi connectivity index (χ2v) is 8.43. The van der Waals surface area contributed by atoms with E-state index in [-0.39, 0.29) is 11.3 Å². The summed E-state index contributed by atoms with van der Waals surface area (Å²) in [5, 5.41) is 12.3. The number of carbonyl (C=O) groups excluding carboxylic acids is 1. The highest BCUT2D eigenvalue weighted by Gasteiger charge is 2.27. The zero-order valence-corrected chi connectivity index (χ0v) is 18.9. The number of carbonyl (C=O) groups is 1. The molecule has 1 N–H and O–H groups in total. The summed E-state index contributed by atoms with van der Waals surface area (Å²) in [6.45, 7) is 3.81. The van der Waals surface area contributed by atoms with Crippen LogP contribution < -0.4 is 15.0 Å². The number of nitrogens with zero attached hydrogens (tertiary/aromatic N) is 4. The van der Waals surface area contributed by atoms with Crippen LogP contribution in [-0.2, 0) is 0 Å². The van der Waals surface area contributed by atoms with Crippen LogP contribution in [0, 0.1) is 17.2 Å². The molecule has 10 heteroatoms. The van der Waals surface area contributed by atoms with Gasteiger partial charge in [0.2, 0.25) is 0 Å². The van der Waals surface area contributed by atoms with E-state index >= 15 is 0 Å². The minimum Gasteiger partial charge on any atom is -0.420 e. The fourth-order valence-corrected chi connectivity index (χ4v) is 3.90. The van der Waals surface area contributed by atoms with E-state index in [1.54, 1.807) is 18.3 Å². The Kier molecular flexibility index (Phi) is 6.61. The van der Waals surface area contributed by atoms with Gasteiger partial charge in [-0.1, -0.05) is 6.92 Å². The Morgan fingerprint density at radius 2 is 2.03 bits per heavy atom. The molecule has 0 saturated carbocycles. The van der Waals surface area contributed by atoms with E-state index in [9.17, 15) is 18.8 Å². The van der Waals surface area contributed by atoms with Gasteiger partial charge >= 0.3 is 5.57 Å². The van der Waals surface area contributed by atoms with Crippen molar-refractivity contribution in [2.75, 3.05) is 23.3 Å². The third-order valence-corrected chi connectivity index (χ3v) is 5.51. The topological polar surface area (TPSA) is 91.1 Å². The minimum absolute atomic E-state index is 0.147. The van der Waals surface area contributed by atoms with Gasteiger partial charge in [0.1, 0.15) is 11.6 Å². The van der Waals surface area contributed by atoms with E-state index in [2.05, 4.69) is 37.9 Å². The number of hydrogen-bond acceptors (Lipinski definition) is 6. The Bertz CT molecular complexity index is 1240. The molecule has 0 bridgehead atoms. The van der Waals surface area contributed by atoms with Crippen molar-refractivity contribution in [3.63, 3.8) is 0 Å². The lowest BCUT2D eigenvalue weighted by Crippen LogP contribution is -2.22. The van der Waals surface area contributed by atoms with Crippen LogP contribution >= 0.6 is 11.6 Å². The van der Waals surface area contributed by atoms with Gasteiger partial charge in [-0.05, 0) is 48.7 Å². The molecule has 7 nitrogen and oxygen atoms in total. The second-order valence-electron chi connectivity index (χ2n) is 7.99. The molecule has 1 aromatic carbocycles. The Morgan fingerprint density at radius 3 is 2.68 bits per heavy atom. The number of nitrogens with one attached hydrogen (secondary N) is 1. The van der Waals surface area contributed by atoms with Crippen molar-refractivity contribution >= 4 is 29.0 Å². The number of hydrogen-bond donors (Lipinski definition) is 1. The van der Waals surface area contributed by atoms with E-state index < -0.39 is 11.5 Å². The lowest BCUT2D eigenvalue weighted by Gasteiger charge is -2.21. The van der Waals surface area contributed by atoms with Crippen molar-refractivity contribution in [1.29, 1.82) is 5.26 Å². The van der Waals surface area contributed by atoms with Gasteiger partial charge in [0.15, 0.2) is 0 Å². The molecule has 34 heavy (non-hydrogen) atoms. The van der Waals surface area contributed by atoms with Crippen LogP contribution in [0.5, 0.6) is 5.75 Å². The van der Waals surface area contributed by atoms with Gasteiger partial charge in [-0.2, -0.15) is 5.26 Å². The van der Waals surface area contributed by atoms with Crippen molar-refractivity contribution in [2.45, 2.75) is 18.9 Å². The Balaban J connectivity index is 1.64. The molecular formula is C24H20ClF2N5O2.